The Morgan fingerprint density at radius 1 is 1.45 bits per heavy atom. The number of halogens is 4. The molecule has 0 spiro atoms. The average molecular weight is 352 g/mol. The van der Waals surface area contributed by atoms with Crippen molar-refractivity contribution in [1.82, 2.24) is 0 Å². The highest BCUT2D eigenvalue weighted by Gasteiger charge is 2.38. The Hall–Kier alpha value is -1.08. The van der Waals surface area contributed by atoms with Crippen molar-refractivity contribution in [3.05, 3.63) is 28.2 Å². The maximum atomic E-state index is 12.7. The third-order valence-electron chi connectivity index (χ3n) is 3.24. The normalized spacial score (nSPS) is 22.9. The van der Waals surface area contributed by atoms with Crippen LogP contribution < -0.4 is 5.32 Å². The number of rotatable bonds is 2. The lowest BCUT2D eigenvalue weighted by Gasteiger charge is -2.22. The predicted molar refractivity (Wildman–Crippen MR) is 71.4 cm³/mol. The van der Waals surface area contributed by atoms with Crippen LogP contribution in [0.5, 0.6) is 0 Å². The fraction of sp³-hybridized carbons (Fsp3) is 0.462. The molecule has 7 heteroatoms. The van der Waals surface area contributed by atoms with E-state index in [9.17, 15) is 18.0 Å². The second-order valence-corrected chi connectivity index (χ2v) is 5.68. The van der Waals surface area contributed by atoms with Crippen LogP contribution in [0.4, 0.5) is 18.9 Å². The first-order valence-corrected chi connectivity index (χ1v) is 6.84. The molecule has 1 saturated heterocycles. The van der Waals surface area contributed by atoms with Gasteiger partial charge in [-0.2, -0.15) is 13.2 Å². The van der Waals surface area contributed by atoms with Crippen LogP contribution >= 0.6 is 15.9 Å². The Morgan fingerprint density at radius 3 is 2.70 bits per heavy atom. The Kier molecular flexibility index (Phi) is 4.11. The summed E-state index contributed by atoms with van der Waals surface area (Å²) in [5.74, 6) is -0.435. The van der Waals surface area contributed by atoms with E-state index in [1.807, 2.05) is 0 Å². The van der Waals surface area contributed by atoms with E-state index < -0.39 is 23.2 Å². The quantitative estimate of drug-likeness (QED) is 0.875. The topological polar surface area (TPSA) is 38.3 Å². The molecule has 1 aromatic carbocycles. The Bertz CT molecular complexity index is 525. The minimum Gasteiger partial charge on any atom is -0.365 e. The zero-order valence-corrected chi connectivity index (χ0v) is 12.3. The summed E-state index contributed by atoms with van der Waals surface area (Å²) < 4.78 is 43.7. The SMILES string of the molecule is CC1(C(=O)Nc2cc(C(F)(F)F)ccc2Br)CCCO1. The molecule has 20 heavy (non-hydrogen) atoms. The molecule has 0 aliphatic carbocycles. The van der Waals surface area contributed by atoms with Crippen LogP contribution in [0, 0.1) is 0 Å². The van der Waals surface area contributed by atoms with Gasteiger partial charge in [0.15, 0.2) is 0 Å². The average Bonchev–Trinajstić information content (AvgIpc) is 2.79. The van der Waals surface area contributed by atoms with Crippen molar-refractivity contribution in [3.8, 4) is 0 Å². The fourth-order valence-electron chi connectivity index (χ4n) is 2.01. The molecule has 1 amide bonds. The standard InChI is InChI=1S/C13H13BrF3NO2/c1-12(5-2-6-20-12)11(19)18-10-7-8(13(15,16)17)3-4-9(10)14/h3-4,7H,2,5-6H2,1H3,(H,18,19). The summed E-state index contributed by atoms with van der Waals surface area (Å²) in [5, 5.41) is 2.49. The van der Waals surface area contributed by atoms with Crippen molar-refractivity contribution >= 4 is 27.5 Å². The molecule has 1 atom stereocenters. The summed E-state index contributed by atoms with van der Waals surface area (Å²) >= 11 is 3.13. The van der Waals surface area contributed by atoms with Crippen molar-refractivity contribution in [2.45, 2.75) is 31.5 Å². The molecule has 2 rings (SSSR count). The highest BCUT2D eigenvalue weighted by molar-refractivity contribution is 9.10. The molecule has 0 saturated carbocycles. The first-order valence-electron chi connectivity index (χ1n) is 6.04. The highest BCUT2D eigenvalue weighted by atomic mass is 79.9. The summed E-state index contributed by atoms with van der Waals surface area (Å²) in [6, 6.07) is 3.12. The summed E-state index contributed by atoms with van der Waals surface area (Å²) in [4.78, 5) is 12.1. The van der Waals surface area contributed by atoms with Crippen molar-refractivity contribution < 1.29 is 22.7 Å². The molecule has 0 radical (unpaired) electrons. The molecule has 1 unspecified atom stereocenters. The lowest BCUT2D eigenvalue weighted by Crippen LogP contribution is -2.39. The van der Waals surface area contributed by atoms with E-state index in [0.717, 1.165) is 18.6 Å². The van der Waals surface area contributed by atoms with Gasteiger partial charge in [-0.05, 0) is 53.9 Å². The van der Waals surface area contributed by atoms with Crippen LogP contribution in [0.2, 0.25) is 0 Å². The van der Waals surface area contributed by atoms with Crippen molar-refractivity contribution in [3.63, 3.8) is 0 Å². The van der Waals surface area contributed by atoms with Crippen LogP contribution in [-0.4, -0.2) is 18.1 Å². The monoisotopic (exact) mass is 351 g/mol. The molecule has 1 fully saturated rings. The van der Waals surface area contributed by atoms with Gasteiger partial charge in [0.2, 0.25) is 0 Å². The summed E-state index contributed by atoms with van der Waals surface area (Å²) in [7, 11) is 0. The number of ether oxygens (including phenoxy) is 1. The second kappa shape index (κ2) is 5.37. The number of hydrogen-bond acceptors (Lipinski definition) is 2. The van der Waals surface area contributed by atoms with Crippen LogP contribution in [-0.2, 0) is 15.7 Å². The van der Waals surface area contributed by atoms with Crippen LogP contribution in [0.15, 0.2) is 22.7 Å². The van der Waals surface area contributed by atoms with Gasteiger partial charge in [-0.25, -0.2) is 0 Å². The van der Waals surface area contributed by atoms with Crippen molar-refractivity contribution in [2.75, 3.05) is 11.9 Å². The van der Waals surface area contributed by atoms with Gasteiger partial charge < -0.3 is 10.1 Å². The molecular formula is C13H13BrF3NO2. The number of amides is 1. The van der Waals surface area contributed by atoms with Gasteiger partial charge in [-0.15, -0.1) is 0 Å². The van der Waals surface area contributed by atoms with Gasteiger partial charge >= 0.3 is 6.18 Å². The van der Waals surface area contributed by atoms with E-state index in [1.165, 1.54) is 6.07 Å². The van der Waals surface area contributed by atoms with E-state index in [1.54, 1.807) is 6.92 Å². The zero-order chi connectivity index (χ0) is 15.0. The van der Waals surface area contributed by atoms with E-state index in [2.05, 4.69) is 21.2 Å². The number of benzene rings is 1. The Balaban J connectivity index is 2.22. The fourth-order valence-corrected chi connectivity index (χ4v) is 2.36. The van der Waals surface area contributed by atoms with Crippen molar-refractivity contribution in [1.29, 1.82) is 0 Å². The van der Waals surface area contributed by atoms with Gasteiger partial charge in [0.1, 0.15) is 5.60 Å². The first kappa shape index (κ1) is 15.3. The largest absolute Gasteiger partial charge is 0.416 e. The van der Waals surface area contributed by atoms with E-state index in [-0.39, 0.29) is 5.69 Å². The van der Waals surface area contributed by atoms with E-state index >= 15 is 0 Å². The lowest BCUT2D eigenvalue weighted by molar-refractivity contribution is -0.137. The van der Waals surface area contributed by atoms with Gasteiger partial charge in [-0.1, -0.05) is 0 Å². The molecule has 1 aliphatic heterocycles. The third-order valence-corrected chi connectivity index (χ3v) is 3.93. The summed E-state index contributed by atoms with van der Waals surface area (Å²) in [6.07, 6.45) is -3.14. The first-order chi connectivity index (χ1) is 9.22. The highest BCUT2D eigenvalue weighted by Crippen LogP contribution is 2.35. The number of hydrogen-bond donors (Lipinski definition) is 1. The van der Waals surface area contributed by atoms with Gasteiger partial charge in [0.05, 0.1) is 11.3 Å². The van der Waals surface area contributed by atoms with E-state index in [4.69, 9.17) is 4.74 Å². The maximum Gasteiger partial charge on any atom is 0.416 e. The Morgan fingerprint density at radius 2 is 2.15 bits per heavy atom. The number of carbonyl (C=O) groups excluding carboxylic acids is 1. The van der Waals surface area contributed by atoms with Gasteiger partial charge in [0, 0.05) is 11.1 Å². The molecule has 110 valence electrons. The molecule has 3 nitrogen and oxygen atoms in total. The molecule has 1 aliphatic rings. The van der Waals surface area contributed by atoms with Gasteiger partial charge in [0.25, 0.3) is 5.91 Å². The number of anilines is 1. The number of nitrogens with one attached hydrogen (secondary N) is 1. The van der Waals surface area contributed by atoms with Crippen LogP contribution in [0.1, 0.15) is 25.3 Å². The van der Waals surface area contributed by atoms with Gasteiger partial charge in [-0.3, -0.25) is 4.79 Å². The van der Waals surface area contributed by atoms with Crippen LogP contribution in [0.25, 0.3) is 0 Å². The minimum absolute atomic E-state index is 0.0848. The predicted octanol–water partition coefficient (Wildman–Crippen LogP) is 3.98. The van der Waals surface area contributed by atoms with Crippen LogP contribution in [0.3, 0.4) is 0 Å². The number of carbonyl (C=O) groups is 1. The molecule has 1 heterocycles. The Labute approximate surface area is 122 Å². The third kappa shape index (κ3) is 3.15. The molecule has 1 N–H and O–H groups in total. The zero-order valence-electron chi connectivity index (χ0n) is 10.7. The lowest BCUT2D eigenvalue weighted by atomic mass is 10.0. The minimum atomic E-state index is -4.45. The molecular weight excluding hydrogens is 339 g/mol. The smallest absolute Gasteiger partial charge is 0.365 e. The number of alkyl halides is 3. The second-order valence-electron chi connectivity index (χ2n) is 4.83. The van der Waals surface area contributed by atoms with Crippen molar-refractivity contribution in [2.24, 2.45) is 0 Å². The summed E-state index contributed by atoms with van der Waals surface area (Å²) in [5.41, 5.74) is -1.71. The summed E-state index contributed by atoms with van der Waals surface area (Å²) in [6.45, 7) is 2.12. The molecule has 0 aromatic heterocycles. The van der Waals surface area contributed by atoms with E-state index in [0.29, 0.717) is 17.5 Å². The maximum absolute atomic E-state index is 12.7. The molecule has 1 aromatic rings. The molecule has 0 bridgehead atoms.